The summed E-state index contributed by atoms with van der Waals surface area (Å²) in [4.78, 5) is 25.9. The summed E-state index contributed by atoms with van der Waals surface area (Å²) in [5.41, 5.74) is 7.99. The Hall–Kier alpha value is -4.65. The summed E-state index contributed by atoms with van der Waals surface area (Å²) in [6.45, 7) is 4.19. The molecule has 4 heterocycles. The van der Waals surface area contributed by atoms with Crippen LogP contribution in [-0.2, 0) is 17.6 Å². The molecule has 0 saturated carbocycles. The van der Waals surface area contributed by atoms with Gasteiger partial charge < -0.3 is 10.1 Å². The average molecular weight is 659 g/mol. The second-order valence-electron chi connectivity index (χ2n) is 13.4. The van der Waals surface area contributed by atoms with Crippen molar-refractivity contribution in [2.45, 2.75) is 96.9 Å². The molecule has 0 radical (unpaired) electrons. The van der Waals surface area contributed by atoms with Gasteiger partial charge in [-0.2, -0.15) is 0 Å². The zero-order chi connectivity index (χ0) is 34.2. The highest BCUT2D eigenvalue weighted by Crippen LogP contribution is 2.34. The van der Waals surface area contributed by atoms with Crippen LogP contribution in [0.15, 0.2) is 71.9 Å². The normalized spacial score (nSPS) is 18.8. The van der Waals surface area contributed by atoms with Gasteiger partial charge in [-0.25, -0.2) is 9.37 Å². The number of unbranched alkanes of at least 4 members (excludes halogenated alkanes) is 2. The first-order valence-electron chi connectivity index (χ1n) is 17.8. The largest absolute Gasteiger partial charge is 0.481 e. The SMILES string of the molecule is COc1nc(-c2cccc(-c3cccc(CCCC4=c5\nccc\c5=C\CC/C(C)=N\4)c3C)c2F)ccc1CCCCC[C@@H]1CCC(=O)N1. The van der Waals surface area contributed by atoms with E-state index in [1.54, 1.807) is 13.2 Å². The Labute approximate surface area is 289 Å². The van der Waals surface area contributed by atoms with Crippen LogP contribution in [0.1, 0.15) is 87.8 Å². The average Bonchev–Trinajstić information content (AvgIpc) is 3.52. The summed E-state index contributed by atoms with van der Waals surface area (Å²) in [5.74, 6) is 0.436. The quantitative estimate of drug-likeness (QED) is 0.149. The van der Waals surface area contributed by atoms with E-state index in [4.69, 9.17) is 14.7 Å². The molecule has 254 valence electrons. The first-order valence-corrected chi connectivity index (χ1v) is 17.8. The maximum Gasteiger partial charge on any atom is 0.220 e. The molecule has 1 N–H and O–H groups in total. The van der Waals surface area contributed by atoms with Crippen LogP contribution in [0, 0.1) is 12.7 Å². The number of aromatic nitrogens is 2. The van der Waals surface area contributed by atoms with E-state index in [-0.39, 0.29) is 11.7 Å². The number of benzene rings is 2. The molecule has 2 aromatic carbocycles. The molecule has 1 atom stereocenters. The fraction of sp³-hybridized carbons (Fsp3) is 0.381. The van der Waals surface area contributed by atoms with Gasteiger partial charge in [0.15, 0.2) is 0 Å². The minimum absolute atomic E-state index is 0.173. The van der Waals surface area contributed by atoms with Gasteiger partial charge in [0, 0.05) is 41.1 Å². The number of hydrogen-bond donors (Lipinski definition) is 1. The molecule has 1 fully saturated rings. The van der Waals surface area contributed by atoms with Gasteiger partial charge in [0.05, 0.1) is 23.8 Å². The number of carbonyl (C=O) groups is 1. The first kappa shape index (κ1) is 34.2. The Morgan fingerprint density at radius 3 is 2.51 bits per heavy atom. The number of fused-ring (bicyclic) bond motifs is 1. The van der Waals surface area contributed by atoms with Gasteiger partial charge in [0.25, 0.3) is 0 Å². The monoisotopic (exact) mass is 658 g/mol. The number of methoxy groups -OCH3 is 1. The van der Waals surface area contributed by atoms with E-state index < -0.39 is 0 Å². The van der Waals surface area contributed by atoms with Crippen molar-refractivity contribution in [3.05, 3.63) is 99.9 Å². The van der Waals surface area contributed by atoms with Crippen LogP contribution in [-0.4, -0.2) is 34.7 Å². The number of aliphatic imine (C=N–C) groups is 1. The standard InChI is InChI=1S/C42H47FN4O2/c1-28-12-7-16-31-17-11-27-44-41(31)38(45-28)22-9-15-30-14-8-19-34(29(30)2)35-20-10-21-36(40(35)43)37-25-23-32(42(47-37)49-3)13-5-4-6-18-33-24-26-39(48)46-33/h8,10-11,14,16-17,19-21,23,25,27,33H,4-7,9,12-13,15,18,22,24,26H2,1-3H3,(H,46,48)/b31-16-,41-38+,45-28-/t33-/m1/s1. The molecule has 6 rings (SSSR count). The maximum atomic E-state index is 16.3. The number of pyridine rings is 2. The van der Waals surface area contributed by atoms with Crippen molar-refractivity contribution >= 4 is 23.4 Å². The minimum atomic E-state index is -0.280. The smallest absolute Gasteiger partial charge is 0.220 e. The molecule has 49 heavy (non-hydrogen) atoms. The Morgan fingerprint density at radius 1 is 0.857 bits per heavy atom. The van der Waals surface area contributed by atoms with Crippen LogP contribution in [0.2, 0.25) is 0 Å². The number of nitrogens with zero attached hydrogens (tertiary/aromatic N) is 3. The molecule has 4 aromatic rings. The van der Waals surface area contributed by atoms with Crippen LogP contribution in [0.4, 0.5) is 4.39 Å². The number of aryl methyl sites for hydroxylation is 2. The van der Waals surface area contributed by atoms with E-state index in [1.165, 1.54) is 5.56 Å². The lowest BCUT2D eigenvalue weighted by Crippen LogP contribution is -2.30. The van der Waals surface area contributed by atoms with E-state index in [0.29, 0.717) is 35.2 Å². The number of rotatable bonds is 13. The molecule has 0 unspecified atom stereocenters. The fourth-order valence-corrected chi connectivity index (χ4v) is 7.17. The number of nitrogens with one attached hydrogen (secondary N) is 1. The van der Waals surface area contributed by atoms with E-state index in [1.807, 2.05) is 48.7 Å². The van der Waals surface area contributed by atoms with Crippen molar-refractivity contribution < 1.29 is 13.9 Å². The highest BCUT2D eigenvalue weighted by molar-refractivity contribution is 5.86. The molecule has 2 aromatic heterocycles. The van der Waals surface area contributed by atoms with Gasteiger partial charge in [-0.15, -0.1) is 0 Å². The Morgan fingerprint density at radius 2 is 1.67 bits per heavy atom. The molecule has 1 saturated heterocycles. The van der Waals surface area contributed by atoms with Gasteiger partial charge in [-0.3, -0.25) is 14.8 Å². The van der Waals surface area contributed by atoms with Gasteiger partial charge >= 0.3 is 0 Å². The van der Waals surface area contributed by atoms with Crippen LogP contribution in [0.25, 0.3) is 34.2 Å². The summed E-state index contributed by atoms with van der Waals surface area (Å²) in [5, 5.41) is 5.19. The van der Waals surface area contributed by atoms with Crippen molar-refractivity contribution in [3.63, 3.8) is 0 Å². The number of halogens is 1. The second-order valence-corrected chi connectivity index (χ2v) is 13.4. The molecule has 2 aliphatic heterocycles. The molecule has 6 nitrogen and oxygen atoms in total. The van der Waals surface area contributed by atoms with Gasteiger partial charge in [0.2, 0.25) is 11.8 Å². The van der Waals surface area contributed by atoms with Crippen LogP contribution in [0.5, 0.6) is 5.88 Å². The van der Waals surface area contributed by atoms with Crippen molar-refractivity contribution in [1.29, 1.82) is 0 Å². The van der Waals surface area contributed by atoms with Crippen molar-refractivity contribution in [2.24, 2.45) is 4.99 Å². The molecular formula is C42H47FN4O2. The zero-order valence-electron chi connectivity index (χ0n) is 29.0. The van der Waals surface area contributed by atoms with Crippen LogP contribution in [0.3, 0.4) is 0 Å². The molecule has 2 aliphatic rings. The molecule has 0 aliphatic carbocycles. The van der Waals surface area contributed by atoms with Gasteiger partial charge in [-0.1, -0.05) is 61.4 Å². The minimum Gasteiger partial charge on any atom is -0.481 e. The predicted molar refractivity (Wildman–Crippen MR) is 196 cm³/mol. The predicted octanol–water partition coefficient (Wildman–Crippen LogP) is 7.81. The van der Waals surface area contributed by atoms with E-state index in [2.05, 4.69) is 42.4 Å². The lowest BCUT2D eigenvalue weighted by atomic mass is 9.92. The fourth-order valence-electron chi connectivity index (χ4n) is 7.17. The lowest BCUT2D eigenvalue weighted by molar-refractivity contribution is -0.119. The molecule has 7 heteroatoms. The number of hydrogen-bond acceptors (Lipinski definition) is 5. The molecule has 0 spiro atoms. The summed E-state index contributed by atoms with van der Waals surface area (Å²) in [7, 11) is 1.62. The highest BCUT2D eigenvalue weighted by Gasteiger charge is 2.20. The maximum absolute atomic E-state index is 16.3. The summed E-state index contributed by atoms with van der Waals surface area (Å²) in [6, 6.07) is 20.1. The lowest BCUT2D eigenvalue weighted by Gasteiger charge is -2.15. The number of amides is 1. The third-order valence-corrected chi connectivity index (χ3v) is 9.90. The molecule has 1 amide bonds. The van der Waals surface area contributed by atoms with Gasteiger partial charge in [-0.05, 0) is 112 Å². The van der Waals surface area contributed by atoms with E-state index in [9.17, 15) is 4.79 Å². The Kier molecular flexibility index (Phi) is 11.3. The Bertz CT molecular complexity index is 1970. The highest BCUT2D eigenvalue weighted by atomic mass is 19.1. The van der Waals surface area contributed by atoms with E-state index >= 15 is 4.39 Å². The van der Waals surface area contributed by atoms with Crippen molar-refractivity contribution in [3.8, 4) is 28.3 Å². The molecular weight excluding hydrogens is 611 g/mol. The topological polar surface area (TPSA) is 76.5 Å². The summed E-state index contributed by atoms with van der Waals surface area (Å²) >= 11 is 0. The van der Waals surface area contributed by atoms with Crippen LogP contribution >= 0.6 is 0 Å². The third kappa shape index (κ3) is 8.33. The number of carbonyl (C=O) groups excluding carboxylic acids is 1. The van der Waals surface area contributed by atoms with Crippen molar-refractivity contribution in [1.82, 2.24) is 15.3 Å². The zero-order valence-corrected chi connectivity index (χ0v) is 29.0. The third-order valence-electron chi connectivity index (χ3n) is 9.90. The Balaban J connectivity index is 1.15. The van der Waals surface area contributed by atoms with Crippen molar-refractivity contribution in [2.75, 3.05) is 7.11 Å². The summed E-state index contributed by atoms with van der Waals surface area (Å²) in [6.07, 6.45) is 15.3. The van der Waals surface area contributed by atoms with Crippen LogP contribution < -0.4 is 20.6 Å². The molecule has 0 bridgehead atoms. The van der Waals surface area contributed by atoms with Gasteiger partial charge in [0.1, 0.15) is 5.82 Å². The summed E-state index contributed by atoms with van der Waals surface area (Å²) < 4.78 is 22.0. The second kappa shape index (κ2) is 16.2. The first-order chi connectivity index (χ1) is 23.9. The van der Waals surface area contributed by atoms with E-state index in [0.717, 1.165) is 109 Å². The number of ether oxygens (including phenoxy) is 1.